The van der Waals surface area contributed by atoms with Gasteiger partial charge in [-0.25, -0.2) is 4.79 Å². The third kappa shape index (κ3) is 5.28. The first kappa shape index (κ1) is 17.9. The molecule has 0 aromatic heterocycles. The molecule has 0 heterocycles. The predicted octanol–water partition coefficient (Wildman–Crippen LogP) is 1.88. The van der Waals surface area contributed by atoms with Gasteiger partial charge in [0, 0.05) is 12.5 Å². The smallest absolute Gasteiger partial charge is 0.331 e. The van der Waals surface area contributed by atoms with Crippen LogP contribution in [0.5, 0.6) is 23.0 Å². The molecule has 0 saturated carbocycles. The molecule has 0 atom stereocenters. The van der Waals surface area contributed by atoms with Gasteiger partial charge in [-0.1, -0.05) is 12.1 Å². The lowest BCUT2D eigenvalue weighted by Crippen LogP contribution is -2.14. The summed E-state index contributed by atoms with van der Waals surface area (Å²) in [7, 11) is 0. The molecule has 0 aliphatic carbocycles. The number of phenols is 4. The van der Waals surface area contributed by atoms with Crippen LogP contribution in [0, 0.1) is 0 Å². The molecule has 2 aromatic rings. The topological polar surface area (TPSA) is 124 Å². The van der Waals surface area contributed by atoms with Crippen LogP contribution in [-0.2, 0) is 20.7 Å². The molecule has 0 amide bonds. The van der Waals surface area contributed by atoms with Crippen molar-refractivity contribution in [2.75, 3.05) is 6.61 Å². The molecular weight excluding hydrogens is 328 g/mol. The summed E-state index contributed by atoms with van der Waals surface area (Å²) in [6.07, 6.45) is 2.39. The molecule has 0 aliphatic rings. The first-order chi connectivity index (χ1) is 11.8. The highest BCUT2D eigenvalue weighted by Crippen LogP contribution is 2.26. The van der Waals surface area contributed by atoms with E-state index in [0.717, 1.165) is 6.08 Å². The Labute approximate surface area is 143 Å². The van der Waals surface area contributed by atoms with Crippen molar-refractivity contribution in [3.8, 4) is 23.0 Å². The van der Waals surface area contributed by atoms with Crippen molar-refractivity contribution < 1.29 is 34.8 Å². The fourth-order valence-electron chi connectivity index (χ4n) is 1.97. The summed E-state index contributed by atoms with van der Waals surface area (Å²) in [5, 5.41) is 37.1. The standard InChI is InChI=1S/C18H16O7/c19-13(7-12-2-5-15(21)17(23)9-12)10-25-18(24)6-3-11-1-4-14(20)16(22)8-11/h1-6,8-9,20-23H,7,10H2/b6-3+. The van der Waals surface area contributed by atoms with E-state index in [1.807, 2.05) is 0 Å². The van der Waals surface area contributed by atoms with Crippen LogP contribution < -0.4 is 0 Å². The molecule has 0 saturated heterocycles. The Morgan fingerprint density at radius 2 is 1.52 bits per heavy atom. The Morgan fingerprint density at radius 1 is 0.880 bits per heavy atom. The quantitative estimate of drug-likeness (QED) is 0.358. The van der Waals surface area contributed by atoms with Crippen LogP contribution in [0.2, 0.25) is 0 Å². The highest BCUT2D eigenvalue weighted by molar-refractivity contribution is 5.90. The largest absolute Gasteiger partial charge is 0.504 e. The van der Waals surface area contributed by atoms with Gasteiger partial charge in [0.1, 0.15) is 0 Å². The Kier molecular flexibility index (Phi) is 5.62. The van der Waals surface area contributed by atoms with Crippen LogP contribution >= 0.6 is 0 Å². The molecule has 2 aromatic carbocycles. The van der Waals surface area contributed by atoms with Gasteiger partial charge in [0.05, 0.1) is 0 Å². The van der Waals surface area contributed by atoms with Crippen LogP contribution in [0.4, 0.5) is 0 Å². The number of ether oxygens (including phenoxy) is 1. The maximum atomic E-state index is 11.8. The Bertz CT molecular complexity index is 824. The molecule has 2 rings (SSSR count). The van der Waals surface area contributed by atoms with Crippen molar-refractivity contribution in [2.24, 2.45) is 0 Å². The second kappa shape index (κ2) is 7.87. The zero-order chi connectivity index (χ0) is 18.4. The number of hydrogen-bond donors (Lipinski definition) is 4. The number of carbonyl (C=O) groups excluding carboxylic acids is 2. The summed E-state index contributed by atoms with van der Waals surface area (Å²) in [5.74, 6) is -2.33. The minimum Gasteiger partial charge on any atom is -0.504 e. The molecule has 0 fully saturated rings. The third-order valence-electron chi connectivity index (χ3n) is 3.23. The third-order valence-corrected chi connectivity index (χ3v) is 3.23. The minimum atomic E-state index is -0.741. The second-order valence-corrected chi connectivity index (χ2v) is 5.23. The van der Waals surface area contributed by atoms with Crippen molar-refractivity contribution in [1.82, 2.24) is 0 Å². The SMILES string of the molecule is O=C(COC(=O)/C=C/c1ccc(O)c(O)c1)Cc1ccc(O)c(O)c1. The fraction of sp³-hybridized carbons (Fsp3) is 0.111. The first-order valence-corrected chi connectivity index (χ1v) is 7.24. The van der Waals surface area contributed by atoms with Crippen LogP contribution in [0.1, 0.15) is 11.1 Å². The highest BCUT2D eigenvalue weighted by Gasteiger charge is 2.09. The van der Waals surface area contributed by atoms with Gasteiger partial charge in [0.2, 0.25) is 0 Å². The number of phenolic OH excluding ortho intramolecular Hbond substituents is 4. The number of rotatable bonds is 6. The van der Waals surface area contributed by atoms with Crippen molar-refractivity contribution in [3.63, 3.8) is 0 Å². The second-order valence-electron chi connectivity index (χ2n) is 5.23. The summed E-state index contributed by atoms with van der Waals surface area (Å²) in [5.41, 5.74) is 0.949. The van der Waals surface area contributed by atoms with Gasteiger partial charge in [-0.2, -0.15) is 0 Å². The van der Waals surface area contributed by atoms with E-state index in [4.69, 9.17) is 4.74 Å². The van der Waals surface area contributed by atoms with Gasteiger partial charge in [-0.3, -0.25) is 4.79 Å². The van der Waals surface area contributed by atoms with E-state index in [0.29, 0.717) is 11.1 Å². The molecule has 0 bridgehead atoms. The van der Waals surface area contributed by atoms with Gasteiger partial charge < -0.3 is 25.2 Å². The summed E-state index contributed by atoms with van der Waals surface area (Å²) >= 11 is 0. The van der Waals surface area contributed by atoms with Crippen molar-refractivity contribution in [2.45, 2.75) is 6.42 Å². The number of carbonyl (C=O) groups is 2. The molecule has 0 unspecified atom stereocenters. The van der Waals surface area contributed by atoms with E-state index in [1.54, 1.807) is 0 Å². The lowest BCUT2D eigenvalue weighted by Gasteiger charge is -2.04. The van der Waals surface area contributed by atoms with Crippen LogP contribution in [-0.4, -0.2) is 38.8 Å². The predicted molar refractivity (Wildman–Crippen MR) is 88.2 cm³/mol. The molecular formula is C18H16O7. The van der Waals surface area contributed by atoms with E-state index in [9.17, 15) is 30.0 Å². The normalized spacial score (nSPS) is 10.7. The minimum absolute atomic E-state index is 0.0589. The van der Waals surface area contributed by atoms with Gasteiger partial charge >= 0.3 is 5.97 Å². The van der Waals surface area contributed by atoms with Gasteiger partial charge in [0.15, 0.2) is 35.4 Å². The molecule has 0 radical (unpaired) electrons. The highest BCUT2D eigenvalue weighted by atomic mass is 16.5. The van der Waals surface area contributed by atoms with Crippen molar-refractivity contribution in [3.05, 3.63) is 53.6 Å². The molecule has 7 nitrogen and oxygen atoms in total. The monoisotopic (exact) mass is 344 g/mol. The lowest BCUT2D eigenvalue weighted by atomic mass is 10.1. The number of ketones is 1. The Morgan fingerprint density at radius 3 is 2.16 bits per heavy atom. The summed E-state index contributed by atoms with van der Waals surface area (Å²) < 4.78 is 4.81. The average molecular weight is 344 g/mol. The van der Waals surface area contributed by atoms with E-state index >= 15 is 0 Å². The first-order valence-electron chi connectivity index (χ1n) is 7.24. The Hall–Kier alpha value is -3.48. The molecule has 0 spiro atoms. The number of hydrogen-bond acceptors (Lipinski definition) is 7. The van der Waals surface area contributed by atoms with Crippen molar-refractivity contribution >= 4 is 17.8 Å². The van der Waals surface area contributed by atoms with Crippen LogP contribution in [0.25, 0.3) is 6.08 Å². The number of esters is 1. The molecule has 4 N–H and O–H groups in total. The summed E-state index contributed by atoms with van der Waals surface area (Å²) in [4.78, 5) is 23.3. The number of aromatic hydroxyl groups is 4. The van der Waals surface area contributed by atoms with Crippen LogP contribution in [0.3, 0.4) is 0 Å². The lowest BCUT2D eigenvalue weighted by molar-refractivity contribution is -0.142. The van der Waals surface area contributed by atoms with Gasteiger partial charge in [-0.05, 0) is 41.5 Å². The molecule has 0 aliphatic heterocycles. The Balaban J connectivity index is 1.84. The van der Waals surface area contributed by atoms with Crippen LogP contribution in [0.15, 0.2) is 42.5 Å². The summed E-state index contributed by atoms with van der Waals surface area (Å²) in [6.45, 7) is -0.439. The van der Waals surface area contributed by atoms with E-state index in [2.05, 4.69) is 0 Å². The van der Waals surface area contributed by atoms with E-state index < -0.39 is 12.6 Å². The zero-order valence-corrected chi connectivity index (χ0v) is 13.0. The van der Waals surface area contributed by atoms with Crippen molar-refractivity contribution in [1.29, 1.82) is 0 Å². The maximum Gasteiger partial charge on any atom is 0.331 e. The fourth-order valence-corrected chi connectivity index (χ4v) is 1.97. The average Bonchev–Trinajstić information content (AvgIpc) is 2.57. The number of benzene rings is 2. The molecule has 7 heteroatoms. The van der Waals surface area contributed by atoms with Gasteiger partial charge in [-0.15, -0.1) is 0 Å². The zero-order valence-electron chi connectivity index (χ0n) is 13.0. The summed E-state index contributed by atoms with van der Waals surface area (Å²) in [6, 6.07) is 8.03. The molecule has 130 valence electrons. The van der Waals surface area contributed by atoms with E-state index in [1.165, 1.54) is 42.5 Å². The maximum absolute atomic E-state index is 11.8. The number of Topliss-reactive ketones (excluding diaryl/α,β-unsaturated/α-hetero) is 1. The van der Waals surface area contributed by atoms with E-state index in [-0.39, 0.29) is 35.2 Å². The molecule has 25 heavy (non-hydrogen) atoms. The van der Waals surface area contributed by atoms with Gasteiger partial charge in [0.25, 0.3) is 0 Å².